The van der Waals surface area contributed by atoms with Gasteiger partial charge in [0.1, 0.15) is 6.04 Å². The van der Waals surface area contributed by atoms with Crippen molar-refractivity contribution in [3.8, 4) is 0 Å². The first-order valence-electron chi connectivity index (χ1n) is 9.90. The molecule has 1 saturated heterocycles. The number of benzene rings is 1. The van der Waals surface area contributed by atoms with E-state index in [-0.39, 0.29) is 23.6 Å². The van der Waals surface area contributed by atoms with Crippen molar-refractivity contribution in [2.24, 2.45) is 0 Å². The lowest BCUT2D eigenvalue weighted by Gasteiger charge is -2.35. The second-order valence-electron chi connectivity index (χ2n) is 8.39. The third-order valence-corrected chi connectivity index (χ3v) is 5.81. The molecule has 0 spiro atoms. The summed E-state index contributed by atoms with van der Waals surface area (Å²) in [6, 6.07) is 10.4. The average Bonchev–Trinajstić information content (AvgIpc) is 3.34. The highest BCUT2D eigenvalue weighted by Crippen LogP contribution is 2.29. The molecule has 156 valence electrons. The van der Waals surface area contributed by atoms with Gasteiger partial charge in [-0.25, -0.2) is 0 Å². The summed E-state index contributed by atoms with van der Waals surface area (Å²) >= 11 is 2.22. The Hall–Kier alpha value is -1.87. The summed E-state index contributed by atoms with van der Waals surface area (Å²) in [5, 5.41) is 6.50. The predicted octanol–water partition coefficient (Wildman–Crippen LogP) is 3.73. The third kappa shape index (κ3) is 5.60. The maximum atomic E-state index is 13.4. The normalized spacial score (nSPS) is 17.7. The van der Waals surface area contributed by atoms with Crippen LogP contribution in [0.4, 0.5) is 0 Å². The van der Waals surface area contributed by atoms with E-state index in [1.54, 1.807) is 17.0 Å². The molecule has 1 aromatic carbocycles. The number of carbonyl (C=O) groups excluding carboxylic acids is 2. The number of nitrogens with zero attached hydrogens (tertiary/aromatic N) is 1. The van der Waals surface area contributed by atoms with Crippen molar-refractivity contribution >= 4 is 34.4 Å². The van der Waals surface area contributed by atoms with Crippen molar-refractivity contribution in [1.29, 1.82) is 0 Å². The van der Waals surface area contributed by atoms with Gasteiger partial charge in [-0.1, -0.05) is 18.2 Å². The predicted molar refractivity (Wildman–Crippen MR) is 121 cm³/mol. The fourth-order valence-electron chi connectivity index (χ4n) is 3.58. The van der Waals surface area contributed by atoms with Crippen LogP contribution in [0.2, 0.25) is 0 Å². The summed E-state index contributed by atoms with van der Waals surface area (Å²) in [5.41, 5.74) is 0.397. The van der Waals surface area contributed by atoms with Crippen LogP contribution in [0.1, 0.15) is 55.8 Å². The Bertz CT molecular complexity index is 839. The minimum Gasteiger partial charge on any atom is -0.459 e. The van der Waals surface area contributed by atoms with E-state index in [0.717, 1.165) is 28.5 Å². The van der Waals surface area contributed by atoms with Gasteiger partial charge < -0.3 is 20.0 Å². The molecule has 2 amide bonds. The fraction of sp³-hybridized carbons (Fsp3) is 0.455. The van der Waals surface area contributed by atoms with Gasteiger partial charge >= 0.3 is 0 Å². The monoisotopic (exact) mass is 509 g/mol. The summed E-state index contributed by atoms with van der Waals surface area (Å²) in [6.07, 6.45) is 3.52. The summed E-state index contributed by atoms with van der Waals surface area (Å²) in [5.74, 6) is -0.237. The number of halogens is 1. The summed E-state index contributed by atoms with van der Waals surface area (Å²) in [6.45, 7) is 7.18. The van der Waals surface area contributed by atoms with Crippen LogP contribution in [0.5, 0.6) is 0 Å². The standard InChI is InChI=1S/C22H28IN3O3/c1-22(2,3)25-20(27)19(16-9-4-5-10-17(16)23)26(14-15-8-6-12-24-15)21(28)18-11-7-13-29-18/h4-5,7,9-11,13,15,19,24H,6,8,12,14H2,1-3H3,(H,25,27). The molecule has 2 aromatic rings. The van der Waals surface area contributed by atoms with E-state index in [0.29, 0.717) is 6.54 Å². The minimum absolute atomic E-state index is 0.153. The van der Waals surface area contributed by atoms with Gasteiger partial charge in [0.25, 0.3) is 5.91 Å². The van der Waals surface area contributed by atoms with Crippen LogP contribution >= 0.6 is 22.6 Å². The molecule has 0 saturated carbocycles. The topological polar surface area (TPSA) is 74.6 Å². The Labute approximate surface area is 185 Å². The van der Waals surface area contributed by atoms with Gasteiger partial charge in [-0.15, -0.1) is 0 Å². The highest BCUT2D eigenvalue weighted by molar-refractivity contribution is 14.1. The van der Waals surface area contributed by atoms with Crippen LogP contribution in [-0.2, 0) is 4.79 Å². The van der Waals surface area contributed by atoms with Gasteiger partial charge in [0.2, 0.25) is 5.91 Å². The molecule has 7 heteroatoms. The second kappa shape index (κ2) is 9.30. The third-order valence-electron chi connectivity index (χ3n) is 4.83. The van der Waals surface area contributed by atoms with Crippen LogP contribution < -0.4 is 10.6 Å². The smallest absolute Gasteiger partial charge is 0.290 e. The van der Waals surface area contributed by atoms with Crippen molar-refractivity contribution < 1.29 is 14.0 Å². The Morgan fingerprint density at radius 1 is 1.28 bits per heavy atom. The number of hydrogen-bond donors (Lipinski definition) is 2. The first-order valence-corrected chi connectivity index (χ1v) is 11.0. The lowest BCUT2D eigenvalue weighted by atomic mass is 10.0. The van der Waals surface area contributed by atoms with E-state index < -0.39 is 11.6 Å². The van der Waals surface area contributed by atoms with Crippen molar-refractivity contribution in [3.05, 3.63) is 57.6 Å². The molecule has 2 N–H and O–H groups in total. The van der Waals surface area contributed by atoms with E-state index in [1.165, 1.54) is 6.26 Å². The highest BCUT2D eigenvalue weighted by Gasteiger charge is 2.37. The Balaban J connectivity index is 2.04. The van der Waals surface area contributed by atoms with Crippen molar-refractivity contribution in [2.45, 2.75) is 51.2 Å². The lowest BCUT2D eigenvalue weighted by Crippen LogP contribution is -2.51. The van der Waals surface area contributed by atoms with E-state index in [2.05, 4.69) is 33.2 Å². The van der Waals surface area contributed by atoms with E-state index in [9.17, 15) is 9.59 Å². The summed E-state index contributed by atoms with van der Waals surface area (Å²) in [4.78, 5) is 28.5. The van der Waals surface area contributed by atoms with Gasteiger partial charge in [-0.3, -0.25) is 9.59 Å². The van der Waals surface area contributed by atoms with Crippen LogP contribution in [0.25, 0.3) is 0 Å². The molecule has 1 aliphatic rings. The van der Waals surface area contributed by atoms with Crippen LogP contribution in [0.15, 0.2) is 47.1 Å². The minimum atomic E-state index is -0.748. The summed E-state index contributed by atoms with van der Waals surface area (Å²) < 4.78 is 6.33. The molecule has 0 bridgehead atoms. The number of hydrogen-bond acceptors (Lipinski definition) is 4. The Kier molecular flexibility index (Phi) is 7.00. The summed E-state index contributed by atoms with van der Waals surface area (Å²) in [7, 11) is 0. The number of rotatable bonds is 6. The maximum Gasteiger partial charge on any atom is 0.290 e. The fourth-order valence-corrected chi connectivity index (χ4v) is 4.27. The molecule has 2 heterocycles. The van der Waals surface area contributed by atoms with Gasteiger partial charge in [-0.05, 0) is 86.5 Å². The molecule has 29 heavy (non-hydrogen) atoms. The Morgan fingerprint density at radius 3 is 2.62 bits per heavy atom. The molecular weight excluding hydrogens is 481 g/mol. The zero-order chi connectivity index (χ0) is 21.0. The van der Waals surface area contributed by atoms with Gasteiger partial charge in [0.15, 0.2) is 5.76 Å². The number of nitrogens with one attached hydrogen (secondary N) is 2. The van der Waals surface area contributed by atoms with E-state index in [1.807, 2.05) is 45.0 Å². The molecule has 3 rings (SSSR count). The Morgan fingerprint density at radius 2 is 2.03 bits per heavy atom. The van der Waals surface area contributed by atoms with Gasteiger partial charge in [-0.2, -0.15) is 0 Å². The molecule has 2 unspecified atom stereocenters. The molecule has 0 aliphatic carbocycles. The molecule has 1 aromatic heterocycles. The molecule has 6 nitrogen and oxygen atoms in total. The van der Waals surface area contributed by atoms with E-state index >= 15 is 0 Å². The number of amides is 2. The first-order chi connectivity index (χ1) is 13.8. The van der Waals surface area contributed by atoms with Crippen molar-refractivity contribution in [1.82, 2.24) is 15.5 Å². The molecule has 2 atom stereocenters. The molecular formula is C22H28IN3O3. The quantitative estimate of drug-likeness (QED) is 0.583. The largest absolute Gasteiger partial charge is 0.459 e. The van der Waals surface area contributed by atoms with Crippen LogP contribution in [0.3, 0.4) is 0 Å². The number of furan rings is 1. The molecule has 0 radical (unpaired) electrons. The average molecular weight is 509 g/mol. The molecule has 1 aliphatic heterocycles. The maximum absolute atomic E-state index is 13.4. The van der Waals surface area contributed by atoms with Crippen LogP contribution in [-0.4, -0.2) is 41.4 Å². The zero-order valence-corrected chi connectivity index (χ0v) is 19.2. The van der Waals surface area contributed by atoms with Gasteiger partial charge in [0, 0.05) is 21.7 Å². The second-order valence-corrected chi connectivity index (χ2v) is 9.55. The van der Waals surface area contributed by atoms with Crippen LogP contribution in [0, 0.1) is 3.57 Å². The lowest BCUT2D eigenvalue weighted by molar-refractivity contribution is -0.127. The first kappa shape index (κ1) is 21.8. The number of carbonyl (C=O) groups is 2. The van der Waals surface area contributed by atoms with Crippen molar-refractivity contribution in [3.63, 3.8) is 0 Å². The highest BCUT2D eigenvalue weighted by atomic mass is 127. The van der Waals surface area contributed by atoms with E-state index in [4.69, 9.17) is 4.42 Å². The molecule has 1 fully saturated rings. The van der Waals surface area contributed by atoms with Crippen molar-refractivity contribution in [2.75, 3.05) is 13.1 Å². The SMILES string of the molecule is CC(C)(C)NC(=O)C(c1ccccc1I)N(CC1CCCN1)C(=O)c1ccco1. The zero-order valence-electron chi connectivity index (χ0n) is 17.1. The van der Waals surface area contributed by atoms with Gasteiger partial charge in [0.05, 0.1) is 6.26 Å².